The fourth-order valence-electron chi connectivity index (χ4n) is 4.70. The van der Waals surface area contributed by atoms with E-state index in [1.165, 1.54) is 43.1 Å². The highest BCUT2D eigenvalue weighted by Crippen LogP contribution is 2.32. The normalized spacial score (nSPS) is 12.1. The third-order valence-electron chi connectivity index (χ3n) is 7.36. The van der Waals surface area contributed by atoms with Crippen molar-refractivity contribution >= 4 is 23.2 Å². The summed E-state index contributed by atoms with van der Waals surface area (Å²) in [6, 6.07) is 18.0. The molecule has 0 aliphatic heterocycles. The molecule has 0 saturated carbocycles. The van der Waals surface area contributed by atoms with Crippen LogP contribution in [0.2, 0.25) is 0 Å². The minimum atomic E-state index is -1.23. The number of carboxylic acids is 1. The Hall–Kier alpha value is -4.11. The van der Waals surface area contributed by atoms with Gasteiger partial charge in [0.25, 0.3) is 5.91 Å². The number of carbonyl (C=O) groups excluding carboxylic acids is 1. The van der Waals surface area contributed by atoms with Crippen molar-refractivity contribution in [3.63, 3.8) is 0 Å². The molecular weight excluding hydrogens is 577 g/mol. The third kappa shape index (κ3) is 8.95. The van der Waals surface area contributed by atoms with Crippen LogP contribution in [0.25, 0.3) is 21.1 Å². The molecule has 1 atom stereocenters. The molecule has 232 valence electrons. The van der Waals surface area contributed by atoms with E-state index in [1.54, 1.807) is 24.3 Å². The molecule has 0 aliphatic rings. The summed E-state index contributed by atoms with van der Waals surface area (Å²) >= 11 is 1.27. The molecule has 1 amide bonds. The van der Waals surface area contributed by atoms with Crippen molar-refractivity contribution < 1.29 is 23.8 Å². The average Bonchev–Trinajstić information content (AvgIpc) is 3.48. The van der Waals surface area contributed by atoms with Gasteiger partial charge in [-0.1, -0.05) is 82.9 Å². The monoisotopic (exact) mass is 617 g/mol. The molecule has 0 aliphatic carbocycles. The number of nitrogens with zero attached hydrogens (tertiary/aromatic N) is 2. The van der Waals surface area contributed by atoms with Crippen LogP contribution in [0, 0.1) is 5.82 Å². The summed E-state index contributed by atoms with van der Waals surface area (Å²) in [6.07, 6.45) is 5.83. The van der Waals surface area contributed by atoms with E-state index in [2.05, 4.69) is 43.2 Å². The van der Waals surface area contributed by atoms with Gasteiger partial charge in [-0.15, -0.1) is 10.2 Å². The molecule has 9 heteroatoms. The number of halogens is 1. The molecule has 1 heterocycles. The van der Waals surface area contributed by atoms with Crippen molar-refractivity contribution in [2.45, 2.75) is 77.7 Å². The molecule has 0 saturated heterocycles. The first-order valence-corrected chi connectivity index (χ1v) is 15.9. The van der Waals surface area contributed by atoms with Crippen molar-refractivity contribution in [1.82, 2.24) is 15.5 Å². The molecule has 2 N–H and O–H groups in total. The maximum atomic E-state index is 15.2. The van der Waals surface area contributed by atoms with Gasteiger partial charge in [-0.05, 0) is 71.5 Å². The highest BCUT2D eigenvalue weighted by Gasteiger charge is 2.23. The van der Waals surface area contributed by atoms with Gasteiger partial charge in [-0.25, -0.2) is 9.18 Å². The van der Waals surface area contributed by atoms with E-state index in [-0.39, 0.29) is 17.4 Å². The lowest BCUT2D eigenvalue weighted by Gasteiger charge is -2.19. The summed E-state index contributed by atoms with van der Waals surface area (Å²) in [6.45, 7) is 9.10. The third-order valence-corrected chi connectivity index (χ3v) is 8.37. The Balaban J connectivity index is 1.37. The van der Waals surface area contributed by atoms with E-state index >= 15 is 4.39 Å². The predicted octanol–water partition coefficient (Wildman–Crippen LogP) is 8.08. The fraction of sp³-hybridized carbons (Fsp3) is 0.371. The smallest absolute Gasteiger partial charge is 0.326 e. The Kier molecular flexibility index (Phi) is 11.2. The van der Waals surface area contributed by atoms with Crippen LogP contribution >= 0.6 is 11.3 Å². The molecule has 0 radical (unpaired) electrons. The van der Waals surface area contributed by atoms with Gasteiger partial charge in [-0.2, -0.15) is 0 Å². The van der Waals surface area contributed by atoms with E-state index in [9.17, 15) is 14.7 Å². The number of carbonyl (C=O) groups is 2. The van der Waals surface area contributed by atoms with Gasteiger partial charge in [-0.3, -0.25) is 4.79 Å². The van der Waals surface area contributed by atoms with Gasteiger partial charge in [0.1, 0.15) is 22.6 Å². The number of amides is 1. The van der Waals surface area contributed by atoms with Gasteiger partial charge < -0.3 is 15.2 Å². The number of nitrogens with one attached hydrogen (secondary N) is 1. The summed E-state index contributed by atoms with van der Waals surface area (Å²) in [7, 11) is 0. The van der Waals surface area contributed by atoms with E-state index in [0.29, 0.717) is 27.7 Å². The highest BCUT2D eigenvalue weighted by molar-refractivity contribution is 7.17. The fourth-order valence-corrected chi connectivity index (χ4v) is 5.57. The maximum Gasteiger partial charge on any atom is 0.326 e. The Morgan fingerprint density at radius 2 is 1.61 bits per heavy atom. The van der Waals surface area contributed by atoms with Crippen LogP contribution in [0.15, 0.2) is 66.7 Å². The zero-order valence-electron chi connectivity index (χ0n) is 25.7. The molecular formula is C35H40FN3O4S. The van der Waals surface area contributed by atoms with Crippen LogP contribution < -0.4 is 10.1 Å². The number of rotatable bonds is 14. The van der Waals surface area contributed by atoms with E-state index < -0.39 is 23.7 Å². The molecule has 44 heavy (non-hydrogen) atoms. The van der Waals surface area contributed by atoms with Gasteiger partial charge in [0.15, 0.2) is 5.01 Å². The van der Waals surface area contributed by atoms with Crippen LogP contribution in [0.5, 0.6) is 5.75 Å². The van der Waals surface area contributed by atoms with Gasteiger partial charge >= 0.3 is 5.97 Å². The second-order valence-corrected chi connectivity index (χ2v) is 12.9. The Morgan fingerprint density at radius 1 is 0.932 bits per heavy atom. The number of hydrogen-bond donors (Lipinski definition) is 2. The van der Waals surface area contributed by atoms with Crippen molar-refractivity contribution in [2.75, 3.05) is 6.61 Å². The Labute approximate surface area is 262 Å². The van der Waals surface area contributed by atoms with Crippen molar-refractivity contribution in [3.8, 4) is 26.9 Å². The molecule has 0 bridgehead atoms. The van der Waals surface area contributed by atoms with Crippen LogP contribution in [-0.2, 0) is 16.6 Å². The SMILES string of the molecule is CCCCCCCOc1ccc(-c2nnc(-c3ccc(C[C@@H](NC(=O)c4ccc(C(C)(C)C)cc4)C(=O)O)cc3F)s2)cc1. The summed E-state index contributed by atoms with van der Waals surface area (Å²) in [4.78, 5) is 24.7. The van der Waals surface area contributed by atoms with Gasteiger partial charge in [0.2, 0.25) is 0 Å². The number of aromatic nitrogens is 2. The highest BCUT2D eigenvalue weighted by atomic mass is 32.1. The van der Waals surface area contributed by atoms with Crippen LogP contribution in [0.1, 0.15) is 81.3 Å². The van der Waals surface area contributed by atoms with Gasteiger partial charge in [0, 0.05) is 23.1 Å². The Morgan fingerprint density at radius 3 is 2.25 bits per heavy atom. The molecule has 4 aromatic rings. The second kappa shape index (κ2) is 15.1. The summed E-state index contributed by atoms with van der Waals surface area (Å²) in [5.41, 5.74) is 2.92. The molecule has 4 rings (SSSR count). The van der Waals surface area contributed by atoms with Gasteiger partial charge in [0.05, 0.1) is 6.61 Å². The van der Waals surface area contributed by atoms with E-state index in [4.69, 9.17) is 4.74 Å². The molecule has 0 fully saturated rings. The number of benzene rings is 3. The first kappa shape index (κ1) is 32.8. The topological polar surface area (TPSA) is 101 Å². The van der Waals surface area contributed by atoms with Crippen molar-refractivity contribution in [3.05, 3.63) is 89.2 Å². The van der Waals surface area contributed by atoms with Crippen LogP contribution in [0.3, 0.4) is 0 Å². The number of unbranched alkanes of at least 4 members (excludes halogenated alkanes) is 4. The second-order valence-electron chi connectivity index (χ2n) is 11.9. The number of hydrogen-bond acceptors (Lipinski definition) is 6. The molecule has 7 nitrogen and oxygen atoms in total. The van der Waals surface area contributed by atoms with E-state index in [0.717, 1.165) is 23.3 Å². The van der Waals surface area contributed by atoms with Crippen LogP contribution in [-0.4, -0.2) is 39.8 Å². The molecule has 1 aromatic heterocycles. The Bertz CT molecular complexity index is 1550. The summed E-state index contributed by atoms with van der Waals surface area (Å²) < 4.78 is 21.1. The zero-order chi connectivity index (χ0) is 31.7. The first-order valence-electron chi connectivity index (χ1n) is 15.0. The molecule has 0 spiro atoms. The number of ether oxygens (including phenoxy) is 1. The summed E-state index contributed by atoms with van der Waals surface area (Å²) in [5.74, 6) is -1.45. The minimum absolute atomic E-state index is 0.0706. The molecule has 0 unspecified atom stereocenters. The van der Waals surface area contributed by atoms with E-state index in [1.807, 2.05) is 36.4 Å². The maximum absolute atomic E-state index is 15.2. The minimum Gasteiger partial charge on any atom is -0.494 e. The lowest BCUT2D eigenvalue weighted by molar-refractivity contribution is -0.139. The zero-order valence-corrected chi connectivity index (χ0v) is 26.5. The lowest BCUT2D eigenvalue weighted by Crippen LogP contribution is -2.42. The largest absolute Gasteiger partial charge is 0.494 e. The molecule has 3 aromatic carbocycles. The van der Waals surface area contributed by atoms with Crippen LogP contribution in [0.4, 0.5) is 4.39 Å². The predicted molar refractivity (Wildman–Crippen MR) is 173 cm³/mol. The number of carboxylic acid groups (broad SMARTS) is 1. The number of aliphatic carboxylic acids is 1. The van der Waals surface area contributed by atoms with Crippen molar-refractivity contribution in [2.24, 2.45) is 0 Å². The standard InChI is InChI=1S/C35H40FN3O4S/c1-5-6-7-8-9-20-43-27-17-13-25(14-18-27)32-38-39-33(44-32)28-19-10-23(21-29(28)36)22-30(34(41)42)37-31(40)24-11-15-26(16-12-24)35(2,3)4/h10-19,21,30H,5-9,20,22H2,1-4H3,(H,37,40)(H,41,42)/t30-/m1/s1. The summed E-state index contributed by atoms with van der Waals surface area (Å²) in [5, 5.41) is 21.8. The van der Waals surface area contributed by atoms with Crippen molar-refractivity contribution in [1.29, 1.82) is 0 Å². The first-order chi connectivity index (χ1) is 21.0. The average molecular weight is 618 g/mol. The lowest BCUT2D eigenvalue weighted by atomic mass is 9.86. The quantitative estimate of drug-likeness (QED) is 0.139.